The van der Waals surface area contributed by atoms with Gasteiger partial charge in [0.25, 0.3) is 5.91 Å². The molecule has 22 heavy (non-hydrogen) atoms. The lowest BCUT2D eigenvalue weighted by molar-refractivity contribution is 0.0919. The van der Waals surface area contributed by atoms with Crippen molar-refractivity contribution < 1.29 is 4.79 Å². The fraction of sp³-hybridized carbons (Fsp3) is 0.412. The highest BCUT2D eigenvalue weighted by Crippen LogP contribution is 2.14. The summed E-state index contributed by atoms with van der Waals surface area (Å²) < 4.78 is 1.76. The van der Waals surface area contributed by atoms with Crippen molar-refractivity contribution in [3.05, 3.63) is 47.8 Å². The van der Waals surface area contributed by atoms with Gasteiger partial charge in [-0.3, -0.25) is 4.79 Å². The van der Waals surface area contributed by atoms with E-state index < -0.39 is 0 Å². The molecule has 116 valence electrons. The Bertz CT molecular complexity index is 650. The van der Waals surface area contributed by atoms with Crippen LogP contribution in [0.2, 0.25) is 0 Å². The molecule has 1 amide bonds. The third-order valence-electron chi connectivity index (χ3n) is 4.24. The number of carbonyl (C=O) groups excluding carboxylic acids is 1. The lowest BCUT2D eigenvalue weighted by Crippen LogP contribution is -2.51. The lowest BCUT2D eigenvalue weighted by Gasteiger charge is -2.30. The van der Waals surface area contributed by atoms with E-state index in [0.717, 1.165) is 30.8 Å². The Balaban J connectivity index is 1.77. The Hall–Kier alpha value is -2.14. The first kappa shape index (κ1) is 14.8. The summed E-state index contributed by atoms with van der Waals surface area (Å²) in [4.78, 5) is 12.5. The van der Waals surface area contributed by atoms with Crippen LogP contribution in [0.4, 0.5) is 0 Å². The highest BCUT2D eigenvalue weighted by molar-refractivity contribution is 5.95. The van der Waals surface area contributed by atoms with Crippen LogP contribution in [0.3, 0.4) is 0 Å². The van der Waals surface area contributed by atoms with Crippen LogP contribution in [0.5, 0.6) is 0 Å². The number of benzene rings is 1. The van der Waals surface area contributed by atoms with Gasteiger partial charge in [-0.25, -0.2) is 4.68 Å². The number of para-hydroxylation sites is 1. The first-order valence-electron chi connectivity index (χ1n) is 7.81. The number of amides is 1. The van der Waals surface area contributed by atoms with Crippen molar-refractivity contribution in [3.8, 4) is 5.69 Å². The largest absolute Gasteiger partial charge is 0.348 e. The van der Waals surface area contributed by atoms with E-state index in [4.69, 9.17) is 0 Å². The van der Waals surface area contributed by atoms with E-state index in [0.29, 0.717) is 11.6 Å². The standard InChI is InChI=1S/C17H22N4O/c1-12-15(11-21(20-12)14-7-4-3-5-8-14)17(22)19-16-9-6-10-18-13(16)2/h3-5,7-8,11,13,16,18H,6,9-10H2,1-2H3,(H,19,22). The van der Waals surface area contributed by atoms with E-state index in [-0.39, 0.29) is 11.9 Å². The maximum absolute atomic E-state index is 12.5. The molecule has 5 nitrogen and oxygen atoms in total. The molecule has 0 bridgehead atoms. The number of nitrogens with zero attached hydrogens (tertiary/aromatic N) is 2. The van der Waals surface area contributed by atoms with Crippen molar-refractivity contribution in [3.63, 3.8) is 0 Å². The molecule has 0 spiro atoms. The fourth-order valence-electron chi connectivity index (χ4n) is 2.88. The molecule has 2 heterocycles. The van der Waals surface area contributed by atoms with Gasteiger partial charge in [-0.15, -0.1) is 0 Å². The van der Waals surface area contributed by atoms with Crippen LogP contribution in [-0.4, -0.2) is 34.3 Å². The number of rotatable bonds is 3. The minimum absolute atomic E-state index is 0.0415. The molecule has 1 aliphatic rings. The van der Waals surface area contributed by atoms with E-state index in [1.165, 1.54) is 0 Å². The van der Waals surface area contributed by atoms with E-state index in [2.05, 4.69) is 22.7 Å². The maximum atomic E-state index is 12.5. The van der Waals surface area contributed by atoms with Gasteiger partial charge in [-0.1, -0.05) is 18.2 Å². The van der Waals surface area contributed by atoms with Gasteiger partial charge in [0.15, 0.2) is 0 Å². The highest BCUT2D eigenvalue weighted by atomic mass is 16.1. The summed E-state index contributed by atoms with van der Waals surface area (Å²) in [6, 6.07) is 10.3. The number of nitrogens with one attached hydrogen (secondary N) is 2. The Labute approximate surface area is 130 Å². The van der Waals surface area contributed by atoms with Gasteiger partial charge in [0, 0.05) is 18.3 Å². The van der Waals surface area contributed by atoms with Crippen LogP contribution >= 0.6 is 0 Å². The first-order valence-corrected chi connectivity index (χ1v) is 7.81. The summed E-state index contributed by atoms with van der Waals surface area (Å²) in [6.45, 7) is 5.01. The third-order valence-corrected chi connectivity index (χ3v) is 4.24. The molecule has 1 saturated heterocycles. The number of hydrogen-bond acceptors (Lipinski definition) is 3. The minimum atomic E-state index is -0.0415. The monoisotopic (exact) mass is 298 g/mol. The zero-order valence-corrected chi connectivity index (χ0v) is 13.0. The van der Waals surface area contributed by atoms with Gasteiger partial charge in [0.1, 0.15) is 0 Å². The zero-order chi connectivity index (χ0) is 15.5. The van der Waals surface area contributed by atoms with Crippen molar-refractivity contribution in [1.82, 2.24) is 20.4 Å². The molecular formula is C17H22N4O. The summed E-state index contributed by atoms with van der Waals surface area (Å²) in [6.07, 6.45) is 3.92. The molecule has 1 aromatic carbocycles. The van der Waals surface area contributed by atoms with Crippen molar-refractivity contribution in [1.29, 1.82) is 0 Å². The summed E-state index contributed by atoms with van der Waals surface area (Å²) in [5, 5.41) is 11.0. The topological polar surface area (TPSA) is 59.0 Å². The molecule has 1 aromatic heterocycles. The van der Waals surface area contributed by atoms with E-state index >= 15 is 0 Å². The molecule has 3 rings (SSSR count). The number of hydrogen-bond donors (Lipinski definition) is 2. The van der Waals surface area contributed by atoms with Crippen molar-refractivity contribution >= 4 is 5.91 Å². The number of aromatic nitrogens is 2. The fourth-order valence-corrected chi connectivity index (χ4v) is 2.88. The van der Waals surface area contributed by atoms with Gasteiger partial charge in [0.05, 0.1) is 16.9 Å². The molecule has 1 fully saturated rings. The second kappa shape index (κ2) is 6.32. The van der Waals surface area contributed by atoms with Crippen LogP contribution in [0.25, 0.3) is 5.69 Å². The molecule has 2 aromatic rings. The second-order valence-corrected chi connectivity index (χ2v) is 5.87. The molecule has 0 aliphatic carbocycles. The first-order chi connectivity index (χ1) is 10.6. The highest BCUT2D eigenvalue weighted by Gasteiger charge is 2.24. The molecular weight excluding hydrogens is 276 g/mol. The summed E-state index contributed by atoms with van der Waals surface area (Å²) >= 11 is 0. The number of carbonyl (C=O) groups is 1. The van der Waals surface area contributed by atoms with E-state index in [1.54, 1.807) is 10.9 Å². The summed E-state index contributed by atoms with van der Waals surface area (Å²) in [7, 11) is 0. The van der Waals surface area contributed by atoms with Crippen LogP contribution in [0, 0.1) is 6.92 Å². The minimum Gasteiger partial charge on any atom is -0.348 e. The normalized spacial score (nSPS) is 21.5. The third kappa shape index (κ3) is 3.04. The summed E-state index contributed by atoms with van der Waals surface area (Å²) in [5.74, 6) is -0.0415. The Morgan fingerprint density at radius 2 is 2.14 bits per heavy atom. The van der Waals surface area contributed by atoms with Gasteiger partial charge in [-0.05, 0) is 45.4 Å². The number of aryl methyl sites for hydroxylation is 1. The van der Waals surface area contributed by atoms with Gasteiger partial charge in [-0.2, -0.15) is 5.10 Å². The molecule has 2 unspecified atom stereocenters. The molecule has 0 radical (unpaired) electrons. The van der Waals surface area contributed by atoms with Crippen LogP contribution in [0.15, 0.2) is 36.5 Å². The average molecular weight is 298 g/mol. The van der Waals surface area contributed by atoms with Crippen molar-refractivity contribution in [2.24, 2.45) is 0 Å². The average Bonchev–Trinajstić information content (AvgIpc) is 2.92. The van der Waals surface area contributed by atoms with Crippen molar-refractivity contribution in [2.75, 3.05) is 6.54 Å². The van der Waals surface area contributed by atoms with Crippen LogP contribution < -0.4 is 10.6 Å². The van der Waals surface area contributed by atoms with E-state index in [1.807, 2.05) is 37.3 Å². The van der Waals surface area contributed by atoms with Crippen LogP contribution in [-0.2, 0) is 0 Å². The molecule has 2 N–H and O–H groups in total. The quantitative estimate of drug-likeness (QED) is 0.912. The van der Waals surface area contributed by atoms with Crippen LogP contribution in [0.1, 0.15) is 35.8 Å². The predicted molar refractivity (Wildman–Crippen MR) is 86.3 cm³/mol. The zero-order valence-electron chi connectivity index (χ0n) is 13.0. The SMILES string of the molecule is Cc1nn(-c2ccccc2)cc1C(=O)NC1CCCNC1C. The predicted octanol–water partition coefficient (Wildman–Crippen LogP) is 2.05. The lowest BCUT2D eigenvalue weighted by atomic mass is 9.99. The maximum Gasteiger partial charge on any atom is 0.255 e. The van der Waals surface area contributed by atoms with E-state index in [9.17, 15) is 4.79 Å². The molecule has 2 atom stereocenters. The second-order valence-electron chi connectivity index (χ2n) is 5.87. The molecule has 0 saturated carbocycles. The molecule has 5 heteroatoms. The van der Waals surface area contributed by atoms with Crippen molar-refractivity contribution in [2.45, 2.75) is 38.8 Å². The number of piperidine rings is 1. The molecule has 1 aliphatic heterocycles. The van der Waals surface area contributed by atoms with Gasteiger partial charge < -0.3 is 10.6 Å². The smallest absolute Gasteiger partial charge is 0.255 e. The van der Waals surface area contributed by atoms with Gasteiger partial charge >= 0.3 is 0 Å². The summed E-state index contributed by atoms with van der Waals surface area (Å²) in [5.41, 5.74) is 2.34. The Morgan fingerprint density at radius 1 is 1.36 bits per heavy atom. The van der Waals surface area contributed by atoms with Gasteiger partial charge in [0.2, 0.25) is 0 Å². The Kier molecular flexibility index (Phi) is 4.24. The Morgan fingerprint density at radius 3 is 2.86 bits per heavy atom.